The largest absolute Gasteiger partial charge is 0.496 e. The highest BCUT2D eigenvalue weighted by atomic mass is 35.5. The molecule has 13 heteroatoms. The smallest absolute Gasteiger partial charge is 0.342 e. The number of carbonyl (C=O) groups is 1. The van der Waals surface area contributed by atoms with Gasteiger partial charge in [-0.2, -0.15) is 0 Å². The summed E-state index contributed by atoms with van der Waals surface area (Å²) >= 11 is 13.9. The molecule has 1 N–H and O–H groups in total. The van der Waals surface area contributed by atoms with Crippen LogP contribution in [0.2, 0.25) is 10.0 Å². The molecule has 0 saturated heterocycles. The minimum absolute atomic E-state index is 0.0462. The minimum atomic E-state index is -1.27. The van der Waals surface area contributed by atoms with Crippen molar-refractivity contribution in [3.8, 4) is 17.2 Å². The first-order chi connectivity index (χ1) is 17.7. The third kappa shape index (κ3) is 6.63. The molecule has 0 aliphatic rings. The second-order valence-electron chi connectivity index (χ2n) is 7.17. The fourth-order valence-corrected chi connectivity index (χ4v) is 4.94. The van der Waals surface area contributed by atoms with Crippen LogP contribution < -0.4 is 4.74 Å². The van der Waals surface area contributed by atoms with Crippen LogP contribution in [0.15, 0.2) is 85.0 Å². The summed E-state index contributed by atoms with van der Waals surface area (Å²) in [6, 6.07) is 16.2. The zero-order valence-corrected chi connectivity index (χ0v) is 21.9. The number of nitro benzene ring substituents is 1. The van der Waals surface area contributed by atoms with Gasteiger partial charge in [-0.1, -0.05) is 41.0 Å². The van der Waals surface area contributed by atoms with E-state index in [4.69, 9.17) is 32.4 Å². The van der Waals surface area contributed by atoms with Crippen LogP contribution in [-0.4, -0.2) is 33.3 Å². The third-order valence-electron chi connectivity index (χ3n) is 4.73. The molecule has 0 saturated carbocycles. The van der Waals surface area contributed by atoms with E-state index in [0.29, 0.717) is 43.6 Å². The molecule has 0 amide bonds. The molecule has 0 atom stereocenters. The summed E-state index contributed by atoms with van der Waals surface area (Å²) in [4.78, 5) is 24.1. The Bertz CT molecular complexity index is 1510. The number of thioether (sulfide) groups is 1. The molecule has 188 valence electrons. The lowest BCUT2D eigenvalue weighted by atomic mass is 10.2. The van der Waals surface area contributed by atoms with Crippen LogP contribution in [0.4, 0.5) is 5.69 Å². The van der Waals surface area contributed by atoms with E-state index in [2.05, 4.69) is 10.2 Å². The molecule has 9 nitrogen and oxygen atoms in total. The van der Waals surface area contributed by atoms with Crippen molar-refractivity contribution in [1.29, 1.82) is 0 Å². The van der Waals surface area contributed by atoms with E-state index in [1.807, 2.05) is 0 Å². The van der Waals surface area contributed by atoms with Gasteiger partial charge in [-0.05, 0) is 71.9 Å². The van der Waals surface area contributed by atoms with Gasteiger partial charge in [0.05, 0.1) is 22.5 Å². The van der Waals surface area contributed by atoms with Gasteiger partial charge in [0.2, 0.25) is 0 Å². The van der Waals surface area contributed by atoms with Gasteiger partial charge in [0.1, 0.15) is 10.7 Å². The predicted octanol–water partition coefficient (Wildman–Crippen LogP) is 7.33. The maximum atomic E-state index is 11.9. The summed E-state index contributed by atoms with van der Waals surface area (Å²) < 4.78 is 10.9. The molecular formula is C24H15Cl2N3O6S2. The Kier molecular flexibility index (Phi) is 8.39. The van der Waals surface area contributed by atoms with E-state index >= 15 is 0 Å². The van der Waals surface area contributed by atoms with Crippen molar-refractivity contribution in [3.05, 3.63) is 91.3 Å². The van der Waals surface area contributed by atoms with Crippen LogP contribution in [-0.2, 0) is 4.79 Å². The number of ether oxygens (including phenoxy) is 1. The molecular weight excluding hydrogens is 561 g/mol. The van der Waals surface area contributed by atoms with Gasteiger partial charge in [-0.3, -0.25) is 10.1 Å². The van der Waals surface area contributed by atoms with Crippen LogP contribution in [0.1, 0.15) is 5.56 Å². The van der Waals surface area contributed by atoms with Gasteiger partial charge < -0.3 is 14.3 Å². The van der Waals surface area contributed by atoms with Crippen LogP contribution in [0, 0.1) is 10.1 Å². The molecule has 4 rings (SSSR count). The van der Waals surface area contributed by atoms with Crippen LogP contribution in [0.3, 0.4) is 0 Å². The normalized spacial score (nSPS) is 11.4. The Labute approximate surface area is 228 Å². The second kappa shape index (κ2) is 11.7. The van der Waals surface area contributed by atoms with Crippen molar-refractivity contribution in [1.82, 2.24) is 10.2 Å². The fourth-order valence-electron chi connectivity index (χ4n) is 3.07. The van der Waals surface area contributed by atoms with Gasteiger partial charge in [-0.15, -0.1) is 10.2 Å². The number of nitrogens with zero attached hydrogens (tertiary/aromatic N) is 3. The quantitative estimate of drug-likeness (QED) is 0.0936. The van der Waals surface area contributed by atoms with Crippen molar-refractivity contribution < 1.29 is 24.0 Å². The number of hydrogen-bond donors (Lipinski definition) is 1. The first-order valence-corrected chi connectivity index (χ1v) is 12.6. The first-order valence-electron chi connectivity index (χ1n) is 10.3. The Morgan fingerprint density at radius 1 is 1.08 bits per heavy atom. The Hall–Kier alpha value is -3.51. The average molecular weight is 576 g/mol. The number of aliphatic carboxylic acids is 1. The van der Waals surface area contributed by atoms with Crippen LogP contribution in [0.5, 0.6) is 5.75 Å². The maximum Gasteiger partial charge on any atom is 0.342 e. The number of carboxylic acid groups (broad SMARTS) is 1. The molecule has 1 aromatic heterocycles. The lowest BCUT2D eigenvalue weighted by Crippen LogP contribution is -1.97. The molecule has 4 aromatic rings. The van der Waals surface area contributed by atoms with Crippen molar-refractivity contribution in [3.63, 3.8) is 0 Å². The topological polar surface area (TPSA) is 129 Å². The highest BCUT2D eigenvalue weighted by molar-refractivity contribution is 8.03. The summed E-state index contributed by atoms with van der Waals surface area (Å²) in [7, 11) is 1.47. The van der Waals surface area contributed by atoms with E-state index in [0.717, 1.165) is 4.90 Å². The molecule has 3 aromatic carbocycles. The van der Waals surface area contributed by atoms with Gasteiger partial charge in [0.25, 0.3) is 16.8 Å². The molecule has 0 fully saturated rings. The van der Waals surface area contributed by atoms with Crippen molar-refractivity contribution in [2.24, 2.45) is 0 Å². The summed E-state index contributed by atoms with van der Waals surface area (Å²) in [6.45, 7) is 0. The number of hydrogen-bond acceptors (Lipinski definition) is 9. The summed E-state index contributed by atoms with van der Waals surface area (Å²) in [5.41, 5.74) is 0.587. The lowest BCUT2D eigenvalue weighted by Gasteiger charge is -2.05. The number of halogens is 2. The number of rotatable bonds is 9. The number of nitro groups is 1. The van der Waals surface area contributed by atoms with Crippen molar-refractivity contribution >= 4 is 64.5 Å². The molecule has 1 heterocycles. The number of carboxylic acids is 1. The monoisotopic (exact) mass is 575 g/mol. The Morgan fingerprint density at radius 3 is 2.49 bits per heavy atom. The van der Waals surface area contributed by atoms with E-state index in [9.17, 15) is 20.0 Å². The lowest BCUT2D eigenvalue weighted by molar-refractivity contribution is -0.387. The van der Waals surface area contributed by atoms with E-state index in [-0.39, 0.29) is 21.7 Å². The SMILES string of the molecule is COc1ccc(Cl)cc1-c1nnc(S/C(=C/c2ccc(Sc3ccc(Cl)cc3)c([N+](=O)[O-])c2)C(=O)O)o1. The highest BCUT2D eigenvalue weighted by Gasteiger charge is 2.20. The minimum Gasteiger partial charge on any atom is -0.496 e. The molecule has 0 unspecified atom stereocenters. The van der Waals surface area contributed by atoms with Crippen molar-refractivity contribution in [2.45, 2.75) is 15.0 Å². The van der Waals surface area contributed by atoms with Gasteiger partial charge in [-0.25, -0.2) is 4.79 Å². The number of benzene rings is 3. The molecule has 0 aliphatic carbocycles. The van der Waals surface area contributed by atoms with Crippen LogP contribution >= 0.6 is 46.7 Å². The highest BCUT2D eigenvalue weighted by Crippen LogP contribution is 2.38. The number of methoxy groups -OCH3 is 1. The zero-order chi connectivity index (χ0) is 26.5. The fraction of sp³-hybridized carbons (Fsp3) is 0.0417. The van der Waals surface area contributed by atoms with Gasteiger partial charge >= 0.3 is 5.97 Å². The van der Waals surface area contributed by atoms with E-state index in [1.54, 1.807) is 54.6 Å². The summed E-state index contributed by atoms with van der Waals surface area (Å²) in [6.07, 6.45) is 1.29. The molecule has 0 aliphatic heterocycles. The molecule has 0 spiro atoms. The molecule has 0 radical (unpaired) electrons. The van der Waals surface area contributed by atoms with Gasteiger partial charge in [0, 0.05) is 21.0 Å². The average Bonchev–Trinajstić information content (AvgIpc) is 3.34. The first kappa shape index (κ1) is 26.6. The van der Waals surface area contributed by atoms with Crippen LogP contribution in [0.25, 0.3) is 17.5 Å². The molecule has 37 heavy (non-hydrogen) atoms. The summed E-state index contributed by atoms with van der Waals surface area (Å²) in [5, 5.41) is 30.2. The standard InChI is InChI=1S/C24H15Cl2N3O6S2/c1-34-19-8-5-15(26)12-17(19)22-27-28-24(35-22)37-21(23(30)31)11-13-2-9-20(18(10-13)29(32)33)36-16-6-3-14(25)4-7-16/h2-12H,1H3,(H,30,31)/b21-11+. The van der Waals surface area contributed by atoms with Gasteiger partial charge in [0.15, 0.2) is 0 Å². The molecule has 0 bridgehead atoms. The van der Waals surface area contributed by atoms with E-state index in [1.165, 1.54) is 31.0 Å². The van der Waals surface area contributed by atoms with E-state index < -0.39 is 10.9 Å². The zero-order valence-electron chi connectivity index (χ0n) is 18.8. The predicted molar refractivity (Wildman–Crippen MR) is 141 cm³/mol. The third-order valence-corrected chi connectivity index (χ3v) is 7.14. The number of aromatic nitrogens is 2. The van der Waals surface area contributed by atoms with Crippen molar-refractivity contribution in [2.75, 3.05) is 7.11 Å². The Morgan fingerprint density at radius 2 is 1.81 bits per heavy atom. The maximum absolute atomic E-state index is 11.9. The summed E-state index contributed by atoms with van der Waals surface area (Å²) in [5.74, 6) is -0.736. The second-order valence-corrected chi connectivity index (χ2v) is 10.2. The Balaban J connectivity index is 1.61.